The molecule has 0 amide bonds. The quantitative estimate of drug-likeness (QED) is 0.196. The second-order valence-electron chi connectivity index (χ2n) is 21.7. The Bertz CT molecular complexity index is 1630. The van der Waals surface area contributed by atoms with Gasteiger partial charge in [0.2, 0.25) is 0 Å². The average molecular weight is 915 g/mol. The van der Waals surface area contributed by atoms with E-state index in [4.69, 9.17) is 52.1 Å². The van der Waals surface area contributed by atoms with Crippen molar-refractivity contribution in [3.05, 3.63) is 0 Å². The van der Waals surface area contributed by atoms with E-state index in [0.29, 0.717) is 32.1 Å². The monoisotopic (exact) mass is 915 g/mol. The molecule has 0 radical (unpaired) electrons. The minimum atomic E-state index is -2.24. The van der Waals surface area contributed by atoms with Crippen LogP contribution in [0.1, 0.15) is 134 Å². The number of aliphatic hydroxyl groups excluding tert-OH is 1. The minimum Gasteiger partial charge on any atom is -0.481 e. The minimum absolute atomic E-state index is 0.0222. The highest BCUT2D eigenvalue weighted by Gasteiger charge is 2.67. The van der Waals surface area contributed by atoms with Crippen LogP contribution in [0.5, 0.6) is 0 Å². The van der Waals surface area contributed by atoms with Gasteiger partial charge in [0.05, 0.1) is 78.3 Å². The fourth-order valence-electron chi connectivity index (χ4n) is 13.0. The summed E-state index contributed by atoms with van der Waals surface area (Å²) in [5.41, 5.74) is -2.76. The van der Waals surface area contributed by atoms with Gasteiger partial charge in [0, 0.05) is 70.2 Å². The zero-order valence-corrected chi connectivity index (χ0v) is 40.9. The maximum absolute atomic E-state index is 12.4. The molecule has 370 valence electrons. The number of aliphatic hydroxyl groups is 3. The first-order valence-electron chi connectivity index (χ1n) is 24.2. The third-order valence-electron chi connectivity index (χ3n) is 17.8. The number of methoxy groups -OCH3 is 3. The molecular formula is C48H82O16. The Morgan fingerprint density at radius 3 is 2.03 bits per heavy atom. The molecule has 16 nitrogen and oxygen atoms in total. The summed E-state index contributed by atoms with van der Waals surface area (Å²) in [6.45, 7) is 20.7. The van der Waals surface area contributed by atoms with Crippen LogP contribution in [0.25, 0.3) is 0 Å². The predicted molar refractivity (Wildman–Crippen MR) is 231 cm³/mol. The number of hydrogen-bond donors (Lipinski definition) is 4. The molecule has 7 heterocycles. The van der Waals surface area contributed by atoms with Crippen molar-refractivity contribution in [3.8, 4) is 0 Å². The Kier molecular flexibility index (Phi) is 14.6. The fraction of sp³-hybridized carbons (Fsp3) is 0.979. The van der Waals surface area contributed by atoms with Crippen molar-refractivity contribution in [1.29, 1.82) is 0 Å². The molecule has 7 aliphatic rings. The lowest BCUT2D eigenvalue weighted by Gasteiger charge is -2.58. The lowest BCUT2D eigenvalue weighted by atomic mass is 9.69. The van der Waals surface area contributed by atoms with Crippen LogP contribution in [-0.2, 0) is 56.9 Å². The lowest BCUT2D eigenvalue weighted by molar-refractivity contribution is -0.408. The first kappa shape index (κ1) is 50.8. The smallest absolute Gasteiger partial charge is 0.311 e. The molecule has 4 N–H and O–H groups in total. The van der Waals surface area contributed by atoms with Crippen molar-refractivity contribution in [3.63, 3.8) is 0 Å². The van der Waals surface area contributed by atoms with Crippen molar-refractivity contribution in [2.24, 2.45) is 35.5 Å². The second kappa shape index (κ2) is 18.3. The Morgan fingerprint density at radius 1 is 0.719 bits per heavy atom. The summed E-state index contributed by atoms with van der Waals surface area (Å²) >= 11 is 0. The summed E-state index contributed by atoms with van der Waals surface area (Å²) in [6, 6.07) is 0. The zero-order valence-electron chi connectivity index (χ0n) is 40.9. The lowest BCUT2D eigenvalue weighted by Crippen LogP contribution is -2.72. The number of aliphatic carboxylic acids is 1. The van der Waals surface area contributed by atoms with E-state index in [-0.39, 0.29) is 66.6 Å². The largest absolute Gasteiger partial charge is 0.481 e. The van der Waals surface area contributed by atoms with E-state index in [0.717, 1.165) is 25.7 Å². The maximum Gasteiger partial charge on any atom is 0.311 e. The Balaban J connectivity index is 1.09. The molecule has 7 saturated heterocycles. The van der Waals surface area contributed by atoms with Crippen LogP contribution in [-0.4, -0.2) is 155 Å². The van der Waals surface area contributed by atoms with Gasteiger partial charge in [-0.15, -0.1) is 0 Å². The SMILES string of the molecule is COC1CCC(OC2(C)C(O)C(C)C(O)(C(C)C(=O)O)OC2C(C)C2CC(OC)C(C)C3(CCC(C)(C4CCC(C)(C5CCC(C6OC(C)(O)C(C)C(OC)C6C)O5)O4)O3)O2)OC1C. The van der Waals surface area contributed by atoms with Gasteiger partial charge in [-0.05, 0) is 80.1 Å². The number of hydrogen-bond acceptors (Lipinski definition) is 15. The fourth-order valence-corrected chi connectivity index (χ4v) is 13.0. The zero-order chi connectivity index (χ0) is 47.1. The van der Waals surface area contributed by atoms with E-state index in [1.807, 2.05) is 20.8 Å². The van der Waals surface area contributed by atoms with Crippen LogP contribution in [0.2, 0.25) is 0 Å². The standard InChI is InChI=1S/C48H82O16/c1-24(41-45(10,61-37-18-16-31(54-12)30(7)57-37)40(49)28(5)48(53,63-41)29(6)42(50)51)33-23-34(55-13)26(3)47(59-33)22-21-44(9,64-47)36-19-20-43(8,60-36)35-17-15-32(58-35)39-25(2)38(56-14)27(4)46(11,52)62-39/h24-41,49,52-53H,15-23H2,1-14H3,(H,50,51). The predicted octanol–water partition coefficient (Wildman–Crippen LogP) is 5.33. The van der Waals surface area contributed by atoms with E-state index >= 15 is 0 Å². The highest BCUT2D eigenvalue weighted by atomic mass is 16.7. The molecular weight excluding hydrogens is 833 g/mol. The summed E-state index contributed by atoms with van der Waals surface area (Å²) in [6.07, 6.45) is 0.417. The molecule has 0 aromatic rings. The van der Waals surface area contributed by atoms with Crippen molar-refractivity contribution in [1.82, 2.24) is 0 Å². The molecule has 0 aromatic carbocycles. The summed E-state index contributed by atoms with van der Waals surface area (Å²) in [5, 5.41) is 45.7. The molecule has 24 unspecified atom stereocenters. The van der Waals surface area contributed by atoms with Crippen LogP contribution >= 0.6 is 0 Å². The van der Waals surface area contributed by atoms with Crippen molar-refractivity contribution >= 4 is 5.97 Å². The Hall–Kier alpha value is -1.09. The van der Waals surface area contributed by atoms with Crippen LogP contribution in [0.3, 0.4) is 0 Å². The van der Waals surface area contributed by atoms with Gasteiger partial charge in [0.1, 0.15) is 11.5 Å². The average Bonchev–Trinajstić information content (AvgIpc) is 4.00. The van der Waals surface area contributed by atoms with Crippen LogP contribution < -0.4 is 0 Å². The summed E-state index contributed by atoms with van der Waals surface area (Å²) < 4.78 is 72.0. The summed E-state index contributed by atoms with van der Waals surface area (Å²) in [5.74, 6) is -9.27. The number of rotatable bonds is 12. The molecule has 0 saturated carbocycles. The van der Waals surface area contributed by atoms with Crippen LogP contribution in [0, 0.1) is 35.5 Å². The van der Waals surface area contributed by atoms with Gasteiger partial charge in [-0.1, -0.05) is 34.6 Å². The van der Waals surface area contributed by atoms with Crippen molar-refractivity contribution < 1.29 is 77.3 Å². The summed E-state index contributed by atoms with van der Waals surface area (Å²) in [4.78, 5) is 12.4. The van der Waals surface area contributed by atoms with Gasteiger partial charge in [-0.2, -0.15) is 0 Å². The van der Waals surface area contributed by atoms with Gasteiger partial charge in [0.25, 0.3) is 0 Å². The van der Waals surface area contributed by atoms with E-state index in [9.17, 15) is 25.2 Å². The molecule has 7 fully saturated rings. The van der Waals surface area contributed by atoms with E-state index in [1.165, 1.54) is 6.92 Å². The Labute approximate surface area is 380 Å². The highest BCUT2D eigenvalue weighted by molar-refractivity contribution is 5.70. The number of ether oxygens (including phenoxy) is 11. The highest BCUT2D eigenvalue weighted by Crippen LogP contribution is 2.56. The Morgan fingerprint density at radius 2 is 1.41 bits per heavy atom. The van der Waals surface area contributed by atoms with Crippen molar-refractivity contribution in [2.75, 3.05) is 21.3 Å². The summed E-state index contributed by atoms with van der Waals surface area (Å²) in [7, 11) is 5.02. The van der Waals surface area contributed by atoms with Crippen LogP contribution in [0.4, 0.5) is 0 Å². The molecule has 0 aromatic heterocycles. The third kappa shape index (κ3) is 8.66. The molecule has 64 heavy (non-hydrogen) atoms. The van der Waals surface area contributed by atoms with Gasteiger partial charge in [-0.3, -0.25) is 4.79 Å². The maximum atomic E-state index is 12.4. The van der Waals surface area contributed by atoms with Crippen LogP contribution in [0.15, 0.2) is 0 Å². The topological polar surface area (TPSA) is 200 Å². The molecule has 0 aliphatic carbocycles. The van der Waals surface area contributed by atoms with Gasteiger partial charge < -0.3 is 72.5 Å². The first-order chi connectivity index (χ1) is 29.8. The molecule has 0 bridgehead atoms. The number of carboxylic acids is 1. The third-order valence-corrected chi connectivity index (χ3v) is 17.8. The van der Waals surface area contributed by atoms with Gasteiger partial charge in [0.15, 0.2) is 23.7 Å². The first-order valence-corrected chi connectivity index (χ1v) is 24.2. The van der Waals surface area contributed by atoms with Gasteiger partial charge in [-0.25, -0.2) is 0 Å². The number of carboxylic acid groups (broad SMARTS) is 1. The number of carbonyl (C=O) groups is 1. The van der Waals surface area contributed by atoms with E-state index < -0.39 is 82.5 Å². The molecule has 24 atom stereocenters. The van der Waals surface area contributed by atoms with E-state index in [2.05, 4.69) is 27.7 Å². The molecule has 7 aliphatic heterocycles. The second-order valence-corrected chi connectivity index (χ2v) is 21.7. The molecule has 7 rings (SSSR count). The molecule has 16 heteroatoms. The molecule has 1 spiro atoms. The van der Waals surface area contributed by atoms with Gasteiger partial charge >= 0.3 is 5.97 Å². The van der Waals surface area contributed by atoms with E-state index in [1.54, 1.807) is 42.1 Å². The van der Waals surface area contributed by atoms with Crippen molar-refractivity contribution in [2.45, 2.75) is 242 Å². The normalized spacial score (nSPS) is 54.6.